The lowest BCUT2D eigenvalue weighted by atomic mass is 10.0. The molecule has 0 aliphatic carbocycles. The van der Waals surface area contributed by atoms with Gasteiger partial charge in [-0.05, 0) is 53.9 Å². The third kappa shape index (κ3) is 3.85. The fraction of sp³-hybridized carbons (Fsp3) is 0. The molecule has 0 spiro atoms. The molecule has 4 rings (SSSR count). The molecule has 0 radical (unpaired) electrons. The molecular weight excluding hydrogens is 418 g/mol. The molecule has 0 saturated carbocycles. The lowest BCUT2D eigenvalue weighted by Gasteiger charge is -2.12. The van der Waals surface area contributed by atoms with Crippen molar-refractivity contribution in [3.05, 3.63) is 76.7 Å². The number of benzene rings is 3. The Morgan fingerprint density at radius 1 is 1.04 bits per heavy atom. The van der Waals surface area contributed by atoms with Crippen LogP contribution in [-0.2, 0) is 0 Å². The van der Waals surface area contributed by atoms with Gasteiger partial charge in [0, 0.05) is 27.1 Å². The average Bonchev–Trinajstić information content (AvgIpc) is 2.69. The van der Waals surface area contributed by atoms with Crippen LogP contribution in [0.5, 0.6) is 0 Å². The van der Waals surface area contributed by atoms with E-state index in [2.05, 4.69) is 14.7 Å². The van der Waals surface area contributed by atoms with Gasteiger partial charge in [0.2, 0.25) is 5.95 Å². The lowest BCUT2D eigenvalue weighted by molar-refractivity contribution is 0.636. The molecule has 0 atom stereocenters. The van der Waals surface area contributed by atoms with Crippen LogP contribution in [0.2, 0.25) is 10.0 Å². The van der Waals surface area contributed by atoms with Gasteiger partial charge in [-0.1, -0.05) is 41.4 Å². The van der Waals surface area contributed by atoms with Gasteiger partial charge in [0.25, 0.3) is 0 Å². The molecule has 0 unspecified atom stereocenters. The summed E-state index contributed by atoms with van der Waals surface area (Å²) >= 11 is 13.4. The highest BCUT2D eigenvalue weighted by atomic mass is 35.5. The maximum absolute atomic E-state index is 15.1. The molecule has 140 valence electrons. The van der Waals surface area contributed by atoms with Crippen LogP contribution >= 0.6 is 35.1 Å². The Balaban J connectivity index is 1.65. The summed E-state index contributed by atoms with van der Waals surface area (Å²) < 4.78 is 18.1. The number of aromatic nitrogens is 2. The molecule has 28 heavy (non-hydrogen) atoms. The zero-order valence-electron chi connectivity index (χ0n) is 14.3. The average molecular weight is 431 g/mol. The minimum absolute atomic E-state index is 0.203. The molecule has 0 fully saturated rings. The summed E-state index contributed by atoms with van der Waals surface area (Å²) in [5.74, 6) is -0.168. The van der Waals surface area contributed by atoms with Crippen molar-refractivity contribution in [2.45, 2.75) is 4.90 Å². The molecule has 0 amide bonds. The second-order valence-electron chi connectivity index (χ2n) is 5.95. The quantitative estimate of drug-likeness (QED) is 0.364. The predicted molar refractivity (Wildman–Crippen MR) is 115 cm³/mol. The van der Waals surface area contributed by atoms with Gasteiger partial charge in [-0.25, -0.2) is 14.4 Å². The number of nitrogens with two attached hydrogens (primary N) is 1. The van der Waals surface area contributed by atoms with Gasteiger partial charge >= 0.3 is 0 Å². The van der Waals surface area contributed by atoms with Crippen LogP contribution in [0.1, 0.15) is 0 Å². The standard InChI is InChI=1S/C20H13Cl2FN4S/c21-13-5-6-15(22)18(9-13)28-27-17-3-1-2-14(19(17)23)11-4-7-16-12(8-11)10-25-20(24)26-16/h1-10,27H,(H2,24,25,26). The molecule has 0 aliphatic rings. The van der Waals surface area contributed by atoms with Gasteiger partial charge in [-0.15, -0.1) is 0 Å². The molecule has 3 aromatic carbocycles. The zero-order chi connectivity index (χ0) is 19.7. The first-order chi connectivity index (χ1) is 13.5. The molecule has 4 nitrogen and oxygen atoms in total. The summed E-state index contributed by atoms with van der Waals surface area (Å²) in [6.45, 7) is 0. The number of nitrogens with one attached hydrogen (secondary N) is 1. The molecule has 1 heterocycles. The van der Waals surface area contributed by atoms with Gasteiger partial charge in [0.15, 0.2) is 5.82 Å². The minimum atomic E-state index is -0.371. The van der Waals surface area contributed by atoms with E-state index in [4.69, 9.17) is 28.9 Å². The predicted octanol–water partition coefficient (Wildman–Crippen LogP) is 6.44. The Morgan fingerprint density at radius 2 is 1.89 bits per heavy atom. The van der Waals surface area contributed by atoms with Gasteiger partial charge in [0.1, 0.15) is 0 Å². The van der Waals surface area contributed by atoms with E-state index < -0.39 is 0 Å². The fourth-order valence-electron chi connectivity index (χ4n) is 2.71. The highest BCUT2D eigenvalue weighted by Crippen LogP contribution is 2.34. The van der Waals surface area contributed by atoms with Crippen LogP contribution in [0.15, 0.2) is 65.7 Å². The Kier molecular flexibility index (Phi) is 5.26. The third-order valence-electron chi connectivity index (χ3n) is 4.07. The van der Waals surface area contributed by atoms with E-state index in [-0.39, 0.29) is 11.8 Å². The van der Waals surface area contributed by atoms with E-state index in [9.17, 15) is 0 Å². The third-order valence-corrected chi connectivity index (χ3v) is 5.63. The van der Waals surface area contributed by atoms with Gasteiger partial charge in [-0.2, -0.15) is 0 Å². The van der Waals surface area contributed by atoms with Crippen LogP contribution in [0.25, 0.3) is 22.0 Å². The molecule has 0 saturated heterocycles. The monoisotopic (exact) mass is 430 g/mol. The van der Waals surface area contributed by atoms with Crippen LogP contribution < -0.4 is 10.5 Å². The van der Waals surface area contributed by atoms with E-state index >= 15 is 4.39 Å². The van der Waals surface area contributed by atoms with E-state index in [1.54, 1.807) is 54.7 Å². The lowest BCUT2D eigenvalue weighted by Crippen LogP contribution is -1.96. The Labute approximate surface area is 175 Å². The summed E-state index contributed by atoms with van der Waals surface area (Å²) in [5, 5.41) is 1.87. The number of hydrogen-bond acceptors (Lipinski definition) is 5. The SMILES string of the molecule is Nc1ncc2cc(-c3cccc(NSc4cc(Cl)ccc4Cl)c3F)ccc2n1. The van der Waals surface area contributed by atoms with Gasteiger partial charge in [-0.3, -0.25) is 0 Å². The molecule has 8 heteroatoms. The first kappa shape index (κ1) is 18.8. The Morgan fingerprint density at radius 3 is 2.75 bits per heavy atom. The Bertz CT molecular complexity index is 1190. The topological polar surface area (TPSA) is 63.8 Å². The van der Waals surface area contributed by atoms with Crippen molar-refractivity contribution < 1.29 is 4.39 Å². The smallest absolute Gasteiger partial charge is 0.220 e. The zero-order valence-corrected chi connectivity index (χ0v) is 16.6. The van der Waals surface area contributed by atoms with Crippen LogP contribution in [0, 0.1) is 5.82 Å². The number of rotatable bonds is 4. The van der Waals surface area contributed by atoms with E-state index in [0.29, 0.717) is 37.3 Å². The van der Waals surface area contributed by atoms with Crippen LogP contribution in [-0.4, -0.2) is 9.97 Å². The first-order valence-electron chi connectivity index (χ1n) is 8.20. The van der Waals surface area contributed by atoms with Crippen LogP contribution in [0.4, 0.5) is 16.0 Å². The van der Waals surface area contributed by atoms with Crippen molar-refractivity contribution in [3.8, 4) is 11.1 Å². The van der Waals surface area contributed by atoms with Crippen molar-refractivity contribution >= 4 is 57.7 Å². The van der Waals surface area contributed by atoms with Crippen molar-refractivity contribution in [2.75, 3.05) is 10.5 Å². The van der Waals surface area contributed by atoms with E-state index in [1.165, 1.54) is 11.9 Å². The van der Waals surface area contributed by atoms with Crippen molar-refractivity contribution in [2.24, 2.45) is 0 Å². The maximum atomic E-state index is 15.1. The summed E-state index contributed by atoms with van der Waals surface area (Å²) in [6, 6.07) is 15.7. The normalized spacial score (nSPS) is 11.0. The van der Waals surface area contributed by atoms with Crippen LogP contribution in [0.3, 0.4) is 0 Å². The minimum Gasteiger partial charge on any atom is -0.368 e. The van der Waals surface area contributed by atoms with Gasteiger partial charge in [0.05, 0.1) is 16.2 Å². The largest absolute Gasteiger partial charge is 0.368 e. The molecule has 0 aliphatic heterocycles. The number of fused-ring (bicyclic) bond motifs is 1. The molecule has 1 aromatic heterocycles. The summed E-state index contributed by atoms with van der Waals surface area (Å²) in [5.41, 5.74) is 7.83. The number of nitrogens with zero attached hydrogens (tertiary/aromatic N) is 2. The van der Waals surface area contributed by atoms with E-state index in [0.717, 1.165) is 5.39 Å². The number of anilines is 2. The molecular formula is C20H13Cl2FN4S. The summed E-state index contributed by atoms with van der Waals surface area (Å²) in [6.07, 6.45) is 1.62. The molecule has 0 bridgehead atoms. The van der Waals surface area contributed by atoms with Crippen molar-refractivity contribution in [1.82, 2.24) is 9.97 Å². The second-order valence-corrected chi connectivity index (χ2v) is 7.64. The van der Waals surface area contributed by atoms with Gasteiger partial charge < -0.3 is 10.5 Å². The summed E-state index contributed by atoms with van der Waals surface area (Å²) in [4.78, 5) is 8.86. The maximum Gasteiger partial charge on any atom is 0.220 e. The first-order valence-corrected chi connectivity index (χ1v) is 9.77. The highest BCUT2D eigenvalue weighted by molar-refractivity contribution is 8.00. The Hall–Kier alpha value is -2.54. The van der Waals surface area contributed by atoms with Crippen molar-refractivity contribution in [1.29, 1.82) is 0 Å². The number of halogens is 3. The molecule has 4 aromatic rings. The highest BCUT2D eigenvalue weighted by Gasteiger charge is 2.12. The fourth-order valence-corrected chi connectivity index (χ4v) is 3.91. The molecule has 3 N–H and O–H groups in total. The number of hydrogen-bond donors (Lipinski definition) is 2. The number of nitrogen functional groups attached to an aromatic ring is 1. The van der Waals surface area contributed by atoms with Crippen molar-refractivity contribution in [3.63, 3.8) is 0 Å². The second kappa shape index (κ2) is 7.83. The van der Waals surface area contributed by atoms with E-state index in [1.807, 2.05) is 6.07 Å². The summed E-state index contributed by atoms with van der Waals surface area (Å²) in [7, 11) is 0.